The van der Waals surface area contributed by atoms with Crippen molar-refractivity contribution < 1.29 is 4.79 Å². The van der Waals surface area contributed by atoms with Crippen LogP contribution < -0.4 is 10.9 Å². The van der Waals surface area contributed by atoms with E-state index >= 15 is 0 Å². The fourth-order valence-corrected chi connectivity index (χ4v) is 2.30. The standard InChI is InChI=1S/C18H17N5O2/c1-12-10-11-19-18(20-12)21-17(25)13(2)23-16(24)9-8-15(22-23)14-6-4-3-5-7-14/h3-11,13H,1-2H3,(H,19,20,21,25)/t13-/m0/s1. The Morgan fingerprint density at radius 1 is 1.12 bits per heavy atom. The van der Waals surface area contributed by atoms with Gasteiger partial charge in [0.25, 0.3) is 11.5 Å². The summed E-state index contributed by atoms with van der Waals surface area (Å²) in [5.41, 5.74) is 1.87. The van der Waals surface area contributed by atoms with Gasteiger partial charge >= 0.3 is 0 Å². The number of benzene rings is 1. The zero-order chi connectivity index (χ0) is 17.8. The zero-order valence-electron chi connectivity index (χ0n) is 13.9. The van der Waals surface area contributed by atoms with Gasteiger partial charge in [0.1, 0.15) is 6.04 Å². The first kappa shape index (κ1) is 16.5. The van der Waals surface area contributed by atoms with Crippen LogP contribution >= 0.6 is 0 Å². The number of nitrogens with one attached hydrogen (secondary N) is 1. The first-order valence-electron chi connectivity index (χ1n) is 7.80. The van der Waals surface area contributed by atoms with Gasteiger partial charge in [-0.3, -0.25) is 14.9 Å². The Hall–Kier alpha value is -3.35. The molecule has 1 aromatic carbocycles. The van der Waals surface area contributed by atoms with E-state index in [0.717, 1.165) is 15.9 Å². The van der Waals surface area contributed by atoms with Crippen LogP contribution in [0.4, 0.5) is 5.95 Å². The number of aryl methyl sites for hydroxylation is 1. The van der Waals surface area contributed by atoms with E-state index in [1.807, 2.05) is 30.3 Å². The topological polar surface area (TPSA) is 89.8 Å². The second-order valence-corrected chi connectivity index (χ2v) is 5.55. The van der Waals surface area contributed by atoms with Crippen LogP contribution in [-0.2, 0) is 4.79 Å². The van der Waals surface area contributed by atoms with Crippen LogP contribution in [0.15, 0.2) is 59.5 Å². The summed E-state index contributed by atoms with van der Waals surface area (Å²) in [6, 6.07) is 13.4. The quantitative estimate of drug-likeness (QED) is 0.789. The lowest BCUT2D eigenvalue weighted by Gasteiger charge is -2.14. The number of hydrogen-bond acceptors (Lipinski definition) is 5. The van der Waals surface area contributed by atoms with Crippen LogP contribution in [0.1, 0.15) is 18.7 Å². The molecule has 0 saturated carbocycles. The minimum absolute atomic E-state index is 0.198. The first-order valence-corrected chi connectivity index (χ1v) is 7.80. The fourth-order valence-electron chi connectivity index (χ4n) is 2.30. The predicted octanol–water partition coefficient (Wildman–Crippen LogP) is 2.21. The molecule has 3 rings (SSSR count). The predicted molar refractivity (Wildman–Crippen MR) is 94.0 cm³/mol. The van der Waals surface area contributed by atoms with Crippen molar-refractivity contribution in [1.82, 2.24) is 19.7 Å². The summed E-state index contributed by atoms with van der Waals surface area (Å²) in [7, 11) is 0. The van der Waals surface area contributed by atoms with Gasteiger partial charge in [0.15, 0.2) is 0 Å². The number of aromatic nitrogens is 4. The fraction of sp³-hybridized carbons (Fsp3) is 0.167. The minimum atomic E-state index is -0.805. The highest BCUT2D eigenvalue weighted by atomic mass is 16.2. The number of carbonyl (C=O) groups excluding carboxylic acids is 1. The molecule has 0 fully saturated rings. The SMILES string of the molecule is Cc1ccnc(NC(=O)[C@H](C)n2nc(-c3ccccc3)ccc2=O)n1. The van der Waals surface area contributed by atoms with E-state index in [0.29, 0.717) is 5.69 Å². The molecule has 0 unspecified atom stereocenters. The van der Waals surface area contributed by atoms with Gasteiger partial charge in [-0.1, -0.05) is 30.3 Å². The third kappa shape index (κ3) is 3.77. The van der Waals surface area contributed by atoms with E-state index in [-0.39, 0.29) is 11.5 Å². The molecule has 0 aliphatic heterocycles. The molecule has 1 amide bonds. The Morgan fingerprint density at radius 3 is 2.60 bits per heavy atom. The average Bonchev–Trinajstić information content (AvgIpc) is 2.62. The van der Waals surface area contributed by atoms with Crippen LogP contribution in [0.5, 0.6) is 0 Å². The van der Waals surface area contributed by atoms with Crippen molar-refractivity contribution in [3.8, 4) is 11.3 Å². The maximum Gasteiger partial charge on any atom is 0.267 e. The molecule has 0 bridgehead atoms. The van der Waals surface area contributed by atoms with Crippen molar-refractivity contribution in [1.29, 1.82) is 0 Å². The molecule has 25 heavy (non-hydrogen) atoms. The van der Waals surface area contributed by atoms with Gasteiger partial charge in [-0.25, -0.2) is 14.6 Å². The largest absolute Gasteiger partial charge is 0.293 e. The molecule has 0 saturated heterocycles. The molecule has 1 atom stereocenters. The Labute approximate surface area is 144 Å². The Balaban J connectivity index is 1.87. The first-order chi connectivity index (χ1) is 12.0. The number of nitrogens with zero attached hydrogens (tertiary/aromatic N) is 4. The van der Waals surface area contributed by atoms with Gasteiger partial charge in [0.2, 0.25) is 5.95 Å². The molecule has 0 aliphatic rings. The highest BCUT2D eigenvalue weighted by Gasteiger charge is 2.19. The highest BCUT2D eigenvalue weighted by Crippen LogP contribution is 2.15. The monoisotopic (exact) mass is 335 g/mol. The third-order valence-corrected chi connectivity index (χ3v) is 3.67. The highest BCUT2D eigenvalue weighted by molar-refractivity contribution is 5.91. The van der Waals surface area contributed by atoms with Gasteiger partial charge in [-0.15, -0.1) is 0 Å². The van der Waals surface area contributed by atoms with Gasteiger partial charge in [-0.05, 0) is 26.0 Å². The van der Waals surface area contributed by atoms with Gasteiger partial charge in [0, 0.05) is 23.5 Å². The molecular weight excluding hydrogens is 318 g/mol. The smallest absolute Gasteiger partial charge is 0.267 e. The van der Waals surface area contributed by atoms with E-state index in [1.54, 1.807) is 32.2 Å². The Bertz CT molecular complexity index is 953. The summed E-state index contributed by atoms with van der Waals surface area (Å²) in [6.45, 7) is 3.41. The zero-order valence-corrected chi connectivity index (χ0v) is 13.9. The molecular formula is C18H17N5O2. The normalized spacial score (nSPS) is 11.8. The Kier molecular flexibility index (Phi) is 4.65. The number of amides is 1. The maximum atomic E-state index is 12.4. The summed E-state index contributed by atoms with van der Waals surface area (Å²) in [5.74, 6) is -0.213. The van der Waals surface area contributed by atoms with Gasteiger partial charge in [-0.2, -0.15) is 5.10 Å². The van der Waals surface area contributed by atoms with Crippen LogP contribution in [0, 0.1) is 6.92 Å². The summed E-state index contributed by atoms with van der Waals surface area (Å²) in [6.07, 6.45) is 1.56. The van der Waals surface area contributed by atoms with Crippen molar-refractivity contribution in [3.05, 3.63) is 70.8 Å². The van der Waals surface area contributed by atoms with Crippen molar-refractivity contribution in [2.75, 3.05) is 5.32 Å². The van der Waals surface area contributed by atoms with Crippen LogP contribution in [0.25, 0.3) is 11.3 Å². The second kappa shape index (κ2) is 7.04. The van der Waals surface area contributed by atoms with E-state index < -0.39 is 11.9 Å². The van der Waals surface area contributed by atoms with Gasteiger partial charge < -0.3 is 0 Å². The van der Waals surface area contributed by atoms with Crippen LogP contribution in [0.3, 0.4) is 0 Å². The molecule has 126 valence electrons. The van der Waals surface area contributed by atoms with E-state index in [2.05, 4.69) is 20.4 Å². The van der Waals surface area contributed by atoms with Crippen LogP contribution in [0.2, 0.25) is 0 Å². The average molecular weight is 335 g/mol. The van der Waals surface area contributed by atoms with Gasteiger partial charge in [0.05, 0.1) is 5.69 Å². The summed E-state index contributed by atoms with van der Waals surface area (Å²) in [4.78, 5) is 32.7. The van der Waals surface area contributed by atoms with Crippen molar-refractivity contribution in [3.63, 3.8) is 0 Å². The van der Waals surface area contributed by atoms with E-state index in [1.165, 1.54) is 6.07 Å². The summed E-state index contributed by atoms with van der Waals surface area (Å²) < 4.78 is 1.16. The Morgan fingerprint density at radius 2 is 1.88 bits per heavy atom. The number of rotatable bonds is 4. The van der Waals surface area contributed by atoms with E-state index in [4.69, 9.17) is 0 Å². The molecule has 7 heteroatoms. The second-order valence-electron chi connectivity index (χ2n) is 5.55. The van der Waals surface area contributed by atoms with Crippen LogP contribution in [-0.4, -0.2) is 25.7 Å². The van der Waals surface area contributed by atoms with Crippen molar-refractivity contribution >= 4 is 11.9 Å². The minimum Gasteiger partial charge on any atom is -0.293 e. The molecule has 0 radical (unpaired) electrons. The lowest BCUT2D eigenvalue weighted by molar-refractivity contribution is -0.119. The lowest BCUT2D eigenvalue weighted by atomic mass is 10.1. The number of anilines is 1. The molecule has 1 N–H and O–H groups in total. The maximum absolute atomic E-state index is 12.4. The van der Waals surface area contributed by atoms with Crippen molar-refractivity contribution in [2.45, 2.75) is 19.9 Å². The summed E-state index contributed by atoms with van der Waals surface area (Å²) in [5, 5.41) is 6.93. The molecule has 2 aromatic heterocycles. The number of carbonyl (C=O) groups is 1. The molecule has 2 heterocycles. The van der Waals surface area contributed by atoms with E-state index in [9.17, 15) is 9.59 Å². The molecule has 0 aliphatic carbocycles. The molecule has 7 nitrogen and oxygen atoms in total. The van der Waals surface area contributed by atoms with Crippen molar-refractivity contribution in [2.24, 2.45) is 0 Å². The third-order valence-electron chi connectivity index (χ3n) is 3.67. The lowest BCUT2D eigenvalue weighted by Crippen LogP contribution is -2.33. The number of hydrogen-bond donors (Lipinski definition) is 1. The molecule has 0 spiro atoms. The summed E-state index contributed by atoms with van der Waals surface area (Å²) >= 11 is 0. The molecule has 3 aromatic rings.